The number of hydrogen-bond acceptors (Lipinski definition) is 3. The maximum Gasteiger partial charge on any atom is 0.416 e. The second kappa shape index (κ2) is 6.03. The van der Waals surface area contributed by atoms with E-state index >= 15 is 0 Å². The van der Waals surface area contributed by atoms with Crippen molar-refractivity contribution in [2.45, 2.75) is 31.2 Å². The fourth-order valence-electron chi connectivity index (χ4n) is 3.65. The zero-order chi connectivity index (χ0) is 16.7. The second-order valence-electron chi connectivity index (χ2n) is 6.54. The average molecular weight is 332 g/mol. The first-order chi connectivity index (χ1) is 10.8. The van der Waals surface area contributed by atoms with Crippen LogP contribution in [0.3, 0.4) is 0 Å². The summed E-state index contributed by atoms with van der Waals surface area (Å²) in [7, 11) is 0. The van der Waals surface area contributed by atoms with Crippen LogP contribution in [-0.2, 0) is 12.7 Å². The molecule has 2 saturated heterocycles. The van der Waals surface area contributed by atoms with Gasteiger partial charge in [-0.2, -0.15) is 13.2 Å². The van der Waals surface area contributed by atoms with Crippen molar-refractivity contribution in [1.29, 1.82) is 0 Å². The Hall–Kier alpha value is -1.18. The lowest BCUT2D eigenvalue weighted by Crippen LogP contribution is -2.58. The molecule has 0 radical (unpaired) electrons. The summed E-state index contributed by atoms with van der Waals surface area (Å²) in [4.78, 5) is 1.87. The van der Waals surface area contributed by atoms with Crippen LogP contribution in [0, 0.1) is 11.7 Å². The molecule has 3 rings (SSSR count). The molecule has 0 spiro atoms. The smallest absolute Gasteiger partial charge is 0.389 e. The van der Waals surface area contributed by atoms with E-state index in [0.29, 0.717) is 32.5 Å². The highest BCUT2D eigenvalue weighted by molar-refractivity contribution is 5.30. The summed E-state index contributed by atoms with van der Waals surface area (Å²) >= 11 is 0. The average Bonchev–Trinajstić information content (AvgIpc) is 2.46. The van der Waals surface area contributed by atoms with Crippen molar-refractivity contribution in [3.8, 4) is 0 Å². The van der Waals surface area contributed by atoms with Crippen molar-refractivity contribution in [2.75, 3.05) is 26.2 Å². The number of piperidine rings is 2. The van der Waals surface area contributed by atoms with Gasteiger partial charge in [0.2, 0.25) is 0 Å². The number of nitrogens with one attached hydrogen (secondary N) is 1. The Balaban J connectivity index is 1.77. The van der Waals surface area contributed by atoms with Crippen LogP contribution in [0.4, 0.5) is 17.6 Å². The Morgan fingerprint density at radius 3 is 2.83 bits per heavy atom. The number of likely N-dealkylation sites (tertiary alicyclic amines) is 1. The fourth-order valence-corrected chi connectivity index (χ4v) is 3.65. The van der Waals surface area contributed by atoms with Crippen LogP contribution >= 0.6 is 0 Å². The molecule has 1 aromatic carbocycles. The summed E-state index contributed by atoms with van der Waals surface area (Å²) in [6, 6.07) is 2.60. The number of hydrogen-bond donors (Lipinski definition) is 2. The molecule has 0 aromatic heterocycles. The maximum atomic E-state index is 13.4. The molecular formula is C16H20F4N2O. The van der Waals surface area contributed by atoms with Gasteiger partial charge in [-0.05, 0) is 43.1 Å². The largest absolute Gasteiger partial charge is 0.416 e. The molecule has 0 amide bonds. The quantitative estimate of drug-likeness (QED) is 0.817. The van der Waals surface area contributed by atoms with E-state index in [-0.39, 0.29) is 18.0 Å². The Morgan fingerprint density at radius 2 is 2.09 bits per heavy atom. The van der Waals surface area contributed by atoms with E-state index < -0.39 is 23.2 Å². The topological polar surface area (TPSA) is 35.5 Å². The minimum absolute atomic E-state index is 0.00658. The van der Waals surface area contributed by atoms with Crippen molar-refractivity contribution < 1.29 is 22.7 Å². The SMILES string of the molecule is O[C@]12CCNC[C@H]1CN(Cc1cc(F)ccc1C(F)(F)F)CC2. The third kappa shape index (κ3) is 3.51. The third-order valence-electron chi connectivity index (χ3n) is 4.99. The zero-order valence-corrected chi connectivity index (χ0v) is 12.7. The van der Waals surface area contributed by atoms with Crippen molar-refractivity contribution in [3.05, 3.63) is 35.1 Å². The minimum atomic E-state index is -4.49. The maximum absolute atomic E-state index is 13.4. The standard InChI is InChI=1S/C16H20F4N2O/c17-13-1-2-14(16(18,19)20)11(7-13)9-22-6-4-15(23)3-5-21-8-12(15)10-22/h1-2,7,12,21,23H,3-6,8-10H2/t12-,15-/m0/s1. The predicted molar refractivity (Wildman–Crippen MR) is 77.2 cm³/mol. The molecular weight excluding hydrogens is 312 g/mol. The van der Waals surface area contributed by atoms with Gasteiger partial charge in [0.05, 0.1) is 11.2 Å². The molecule has 2 atom stereocenters. The van der Waals surface area contributed by atoms with E-state index in [1.807, 2.05) is 4.90 Å². The predicted octanol–water partition coefficient (Wildman–Crippen LogP) is 2.39. The summed E-state index contributed by atoms with van der Waals surface area (Å²) in [5, 5.41) is 13.8. The van der Waals surface area contributed by atoms with Gasteiger partial charge in [0, 0.05) is 32.1 Å². The van der Waals surface area contributed by atoms with Gasteiger partial charge in [-0.1, -0.05) is 0 Å². The molecule has 2 N–H and O–H groups in total. The van der Waals surface area contributed by atoms with Gasteiger partial charge < -0.3 is 10.4 Å². The molecule has 2 aliphatic heterocycles. The van der Waals surface area contributed by atoms with Crippen molar-refractivity contribution in [1.82, 2.24) is 10.2 Å². The van der Waals surface area contributed by atoms with Crippen molar-refractivity contribution in [2.24, 2.45) is 5.92 Å². The van der Waals surface area contributed by atoms with Crippen LogP contribution in [-0.4, -0.2) is 41.8 Å². The number of fused-ring (bicyclic) bond motifs is 1. The highest BCUT2D eigenvalue weighted by Gasteiger charge is 2.43. The van der Waals surface area contributed by atoms with Gasteiger partial charge in [0.25, 0.3) is 0 Å². The minimum Gasteiger partial charge on any atom is -0.389 e. The first kappa shape index (κ1) is 16.7. The molecule has 7 heteroatoms. The second-order valence-corrected chi connectivity index (χ2v) is 6.54. The first-order valence-electron chi connectivity index (χ1n) is 7.79. The van der Waals surface area contributed by atoms with Gasteiger partial charge in [-0.3, -0.25) is 4.90 Å². The van der Waals surface area contributed by atoms with Gasteiger partial charge in [-0.25, -0.2) is 4.39 Å². The molecule has 1 aromatic rings. The van der Waals surface area contributed by atoms with Crippen LogP contribution in [0.5, 0.6) is 0 Å². The highest BCUT2D eigenvalue weighted by Crippen LogP contribution is 2.36. The van der Waals surface area contributed by atoms with Crippen LogP contribution in [0.15, 0.2) is 18.2 Å². The van der Waals surface area contributed by atoms with Crippen LogP contribution < -0.4 is 5.32 Å². The summed E-state index contributed by atoms with van der Waals surface area (Å²) in [6.07, 6.45) is -3.29. The molecule has 128 valence electrons. The Labute approximate surface area is 132 Å². The van der Waals surface area contributed by atoms with E-state index in [1.165, 1.54) is 0 Å². The van der Waals surface area contributed by atoms with Crippen LogP contribution in [0.2, 0.25) is 0 Å². The normalized spacial score (nSPS) is 29.3. The van der Waals surface area contributed by atoms with E-state index in [1.54, 1.807) is 0 Å². The van der Waals surface area contributed by atoms with Crippen LogP contribution in [0.25, 0.3) is 0 Å². The lowest BCUT2D eigenvalue weighted by molar-refractivity contribution is -0.139. The summed E-state index contributed by atoms with van der Waals surface area (Å²) in [5.41, 5.74) is -1.57. The summed E-state index contributed by atoms with van der Waals surface area (Å²) < 4.78 is 52.6. The van der Waals surface area contributed by atoms with Crippen molar-refractivity contribution in [3.63, 3.8) is 0 Å². The number of halogens is 4. The summed E-state index contributed by atoms with van der Waals surface area (Å²) in [6.45, 7) is 2.48. The van der Waals surface area contributed by atoms with Gasteiger partial charge in [-0.15, -0.1) is 0 Å². The number of benzene rings is 1. The molecule has 0 unspecified atom stereocenters. The molecule has 3 nitrogen and oxygen atoms in total. The number of aliphatic hydroxyl groups is 1. The number of rotatable bonds is 2. The van der Waals surface area contributed by atoms with Gasteiger partial charge in [0.15, 0.2) is 0 Å². The molecule has 2 heterocycles. The number of alkyl halides is 3. The van der Waals surface area contributed by atoms with E-state index in [4.69, 9.17) is 0 Å². The third-order valence-corrected chi connectivity index (χ3v) is 4.99. The lowest BCUT2D eigenvalue weighted by atomic mass is 9.76. The highest BCUT2D eigenvalue weighted by atomic mass is 19.4. The molecule has 0 bridgehead atoms. The molecule has 23 heavy (non-hydrogen) atoms. The molecule has 0 aliphatic carbocycles. The van der Waals surface area contributed by atoms with Crippen molar-refractivity contribution >= 4 is 0 Å². The molecule has 0 saturated carbocycles. The van der Waals surface area contributed by atoms with E-state index in [2.05, 4.69) is 5.32 Å². The summed E-state index contributed by atoms with van der Waals surface area (Å²) in [5.74, 6) is -0.672. The van der Waals surface area contributed by atoms with Gasteiger partial charge in [0.1, 0.15) is 5.82 Å². The Morgan fingerprint density at radius 1 is 1.30 bits per heavy atom. The first-order valence-corrected chi connectivity index (χ1v) is 7.79. The lowest BCUT2D eigenvalue weighted by Gasteiger charge is -2.47. The number of nitrogens with zero attached hydrogens (tertiary/aromatic N) is 1. The fraction of sp³-hybridized carbons (Fsp3) is 0.625. The Kier molecular flexibility index (Phi) is 4.37. The monoisotopic (exact) mass is 332 g/mol. The molecule has 2 fully saturated rings. The Bertz CT molecular complexity index is 578. The zero-order valence-electron chi connectivity index (χ0n) is 12.7. The van der Waals surface area contributed by atoms with Gasteiger partial charge >= 0.3 is 6.18 Å². The molecule has 2 aliphatic rings. The van der Waals surface area contributed by atoms with Crippen LogP contribution in [0.1, 0.15) is 24.0 Å². The van der Waals surface area contributed by atoms with E-state index in [0.717, 1.165) is 24.7 Å². The van der Waals surface area contributed by atoms with E-state index in [9.17, 15) is 22.7 Å².